The van der Waals surface area contributed by atoms with Crippen molar-refractivity contribution in [3.8, 4) is 68.3 Å². The van der Waals surface area contributed by atoms with Gasteiger partial charge < -0.3 is 18.3 Å². The lowest BCUT2D eigenvalue weighted by Gasteiger charge is -2.27. The second-order valence-electron chi connectivity index (χ2n) is 22.4. The summed E-state index contributed by atoms with van der Waals surface area (Å²) in [6.45, 7) is 0. The average molecular weight is 1100 g/mol. The molecule has 85 heavy (non-hydrogen) atoms. The Morgan fingerprint density at radius 1 is 0.247 bits per heavy atom. The zero-order chi connectivity index (χ0) is 55.8. The van der Waals surface area contributed by atoms with Gasteiger partial charge in [-0.05, 0) is 92.7 Å². The number of para-hydroxylation sites is 6. The molecule has 0 atom stereocenters. The van der Waals surface area contributed by atoms with Gasteiger partial charge in [0, 0.05) is 58.6 Å². The summed E-state index contributed by atoms with van der Waals surface area (Å²) in [5.41, 5.74) is 18.0. The normalized spacial score (nSPS) is 12.2. The Morgan fingerprint density at radius 2 is 0.612 bits per heavy atom. The summed E-state index contributed by atoms with van der Waals surface area (Å²) < 4.78 is 11.6. The number of thiophene rings is 1. The molecule has 0 bridgehead atoms. The van der Waals surface area contributed by atoms with Crippen LogP contribution in [0.15, 0.2) is 255 Å². The molecule has 5 aromatic heterocycles. The lowest BCUT2D eigenvalue weighted by atomic mass is 9.92. The highest BCUT2D eigenvalue weighted by molar-refractivity contribution is 7.26. The fourth-order valence-corrected chi connectivity index (χ4v) is 16.3. The van der Waals surface area contributed by atoms with Crippen LogP contribution in [0, 0.1) is 22.7 Å². The molecule has 19 rings (SSSR count). The highest BCUT2D eigenvalue weighted by Gasteiger charge is 2.36. The molecule has 1 aliphatic rings. The van der Waals surface area contributed by atoms with Gasteiger partial charge in [-0.2, -0.15) is 10.5 Å². The SMILES string of the molecule is N#Cc1c(-n2c3ccccc3c3ccccc32)c(C#N)c(-n2c3ccccc3c3ccccc32)c(-n2c3cccc(-c4ccc5c6c(cccc46)-c4ccccc4-5)c3c3ccc4c5ccccc5sc4c32)c1-n1c2ccccc2c2ccccc21. The van der Waals surface area contributed by atoms with Gasteiger partial charge in [-0.25, -0.2) is 0 Å². The smallest absolute Gasteiger partial charge is 0.104 e. The molecule has 18 aromatic rings. The number of fused-ring (bicyclic) bond motifs is 19. The Bertz CT molecular complexity index is 5800. The minimum Gasteiger partial charge on any atom is -0.306 e. The van der Waals surface area contributed by atoms with Gasteiger partial charge in [0.05, 0.1) is 71.6 Å². The Labute approximate surface area is 489 Å². The van der Waals surface area contributed by atoms with E-state index in [0.29, 0.717) is 33.9 Å². The van der Waals surface area contributed by atoms with Crippen LogP contribution in [0.25, 0.3) is 174 Å². The van der Waals surface area contributed by atoms with E-state index >= 15 is 0 Å². The molecule has 0 saturated carbocycles. The van der Waals surface area contributed by atoms with Gasteiger partial charge >= 0.3 is 0 Å². The topological polar surface area (TPSA) is 67.3 Å². The van der Waals surface area contributed by atoms with Crippen molar-refractivity contribution in [1.82, 2.24) is 18.3 Å². The minimum atomic E-state index is 0.371. The van der Waals surface area contributed by atoms with Crippen LogP contribution in [-0.2, 0) is 0 Å². The average Bonchev–Trinajstić information content (AvgIpc) is 1.75. The zero-order valence-electron chi connectivity index (χ0n) is 45.3. The molecular weight excluding hydrogens is 1050 g/mol. The highest BCUT2D eigenvalue weighted by Crippen LogP contribution is 2.54. The van der Waals surface area contributed by atoms with Crippen LogP contribution in [0.3, 0.4) is 0 Å². The molecule has 6 nitrogen and oxygen atoms in total. The van der Waals surface area contributed by atoms with Crippen LogP contribution in [-0.4, -0.2) is 18.3 Å². The van der Waals surface area contributed by atoms with Crippen LogP contribution >= 0.6 is 11.3 Å². The largest absolute Gasteiger partial charge is 0.306 e. The molecule has 5 heterocycles. The van der Waals surface area contributed by atoms with Crippen molar-refractivity contribution in [2.75, 3.05) is 0 Å². The number of nitrogens with zero attached hydrogens (tertiary/aromatic N) is 6. The van der Waals surface area contributed by atoms with E-state index in [1.807, 2.05) is 0 Å². The molecule has 0 aliphatic heterocycles. The molecule has 7 heteroatoms. The van der Waals surface area contributed by atoms with Crippen molar-refractivity contribution in [3.05, 3.63) is 266 Å². The van der Waals surface area contributed by atoms with Crippen molar-refractivity contribution >= 4 is 130 Å². The van der Waals surface area contributed by atoms with Gasteiger partial charge in [0.15, 0.2) is 0 Å². The van der Waals surface area contributed by atoms with Gasteiger partial charge in [0.1, 0.15) is 23.3 Å². The van der Waals surface area contributed by atoms with E-state index in [4.69, 9.17) is 0 Å². The number of nitriles is 2. The maximum atomic E-state index is 12.8. The van der Waals surface area contributed by atoms with Crippen LogP contribution in [0.4, 0.5) is 0 Å². The Balaban J connectivity index is 1.10. The third-order valence-corrected chi connectivity index (χ3v) is 19.6. The molecular formula is C78H42N6S. The number of benzene rings is 13. The predicted molar refractivity (Wildman–Crippen MR) is 353 cm³/mol. The van der Waals surface area contributed by atoms with Crippen molar-refractivity contribution in [2.24, 2.45) is 0 Å². The molecule has 0 radical (unpaired) electrons. The van der Waals surface area contributed by atoms with Gasteiger partial charge in [0.2, 0.25) is 0 Å². The van der Waals surface area contributed by atoms with E-state index in [-0.39, 0.29) is 0 Å². The van der Waals surface area contributed by atoms with E-state index in [9.17, 15) is 10.5 Å². The van der Waals surface area contributed by atoms with E-state index in [0.717, 1.165) is 108 Å². The van der Waals surface area contributed by atoms with Crippen LogP contribution < -0.4 is 0 Å². The molecule has 1 aliphatic carbocycles. The lowest BCUT2D eigenvalue weighted by Crippen LogP contribution is -2.17. The first-order chi connectivity index (χ1) is 42.2. The zero-order valence-corrected chi connectivity index (χ0v) is 46.2. The second-order valence-corrected chi connectivity index (χ2v) is 23.4. The van der Waals surface area contributed by atoms with Gasteiger partial charge in [0.25, 0.3) is 0 Å². The number of hydrogen-bond donors (Lipinski definition) is 0. The molecule has 0 N–H and O–H groups in total. The maximum absolute atomic E-state index is 12.8. The third kappa shape index (κ3) is 5.93. The van der Waals surface area contributed by atoms with E-state index in [1.165, 1.54) is 43.1 Å². The lowest BCUT2D eigenvalue weighted by molar-refractivity contribution is 1.02. The van der Waals surface area contributed by atoms with E-state index in [2.05, 4.69) is 285 Å². The number of aromatic nitrogens is 4. The van der Waals surface area contributed by atoms with Crippen molar-refractivity contribution in [1.29, 1.82) is 10.5 Å². The Morgan fingerprint density at radius 3 is 1.12 bits per heavy atom. The molecule has 0 saturated heterocycles. The number of hydrogen-bond acceptors (Lipinski definition) is 3. The van der Waals surface area contributed by atoms with Crippen molar-refractivity contribution in [2.45, 2.75) is 0 Å². The Kier molecular flexibility index (Phi) is 9.26. The fourth-order valence-electron chi connectivity index (χ4n) is 15.1. The molecule has 0 amide bonds. The second kappa shape index (κ2) is 17.0. The standard InChI is InChI=1S/C78H42N6S/c79-43-61-73(81-63-31-10-3-21-48(63)49-22-4-11-32-64(49)81)62(44-80)75(83-67-35-14-7-25-52(67)53-26-8-15-36-68(53)83)77(74(61)82-65-33-12-5-23-50(65)51-24-6-13-34-66(51)82)84-69-37-18-30-57(72(69)60-42-41-59-54-27-9-16-38-70(54)85-78(59)76(60)84)47-39-40-58-46-20-2-1-19-45(46)55-28-17-29-56(47)71(55)58/h1-42H. The first kappa shape index (κ1) is 46.2. The summed E-state index contributed by atoms with van der Waals surface area (Å²) in [4.78, 5) is 0. The number of rotatable bonds is 5. The van der Waals surface area contributed by atoms with Crippen LogP contribution in [0.5, 0.6) is 0 Å². The van der Waals surface area contributed by atoms with Crippen molar-refractivity contribution in [3.63, 3.8) is 0 Å². The summed E-state index contributed by atoms with van der Waals surface area (Å²) >= 11 is 1.80. The summed E-state index contributed by atoms with van der Waals surface area (Å²) in [6.07, 6.45) is 0. The minimum absolute atomic E-state index is 0.371. The summed E-state index contributed by atoms with van der Waals surface area (Å²) in [7, 11) is 0. The summed E-state index contributed by atoms with van der Waals surface area (Å²) in [5, 5.41) is 38.8. The van der Waals surface area contributed by atoms with E-state index < -0.39 is 0 Å². The predicted octanol–water partition coefficient (Wildman–Crippen LogP) is 20.7. The summed E-state index contributed by atoms with van der Waals surface area (Å²) in [5.74, 6) is 0. The third-order valence-electron chi connectivity index (χ3n) is 18.4. The van der Waals surface area contributed by atoms with E-state index in [1.54, 1.807) is 11.3 Å². The fraction of sp³-hybridized carbons (Fsp3) is 0. The molecule has 13 aromatic carbocycles. The monoisotopic (exact) mass is 1090 g/mol. The van der Waals surface area contributed by atoms with Gasteiger partial charge in [-0.1, -0.05) is 206 Å². The molecule has 0 spiro atoms. The van der Waals surface area contributed by atoms with Crippen LogP contribution in [0.2, 0.25) is 0 Å². The molecule has 0 unspecified atom stereocenters. The van der Waals surface area contributed by atoms with Crippen molar-refractivity contribution < 1.29 is 0 Å². The first-order valence-electron chi connectivity index (χ1n) is 28.7. The van der Waals surface area contributed by atoms with Crippen LogP contribution in [0.1, 0.15) is 11.1 Å². The maximum Gasteiger partial charge on any atom is 0.104 e. The Hall–Kier alpha value is -11.5. The van der Waals surface area contributed by atoms with Gasteiger partial charge in [-0.15, -0.1) is 11.3 Å². The molecule has 390 valence electrons. The highest BCUT2D eigenvalue weighted by atomic mass is 32.1. The summed E-state index contributed by atoms with van der Waals surface area (Å²) in [6, 6.07) is 97.3. The quantitative estimate of drug-likeness (QED) is 0.172. The van der Waals surface area contributed by atoms with Gasteiger partial charge in [-0.3, -0.25) is 0 Å². The first-order valence-corrected chi connectivity index (χ1v) is 29.5. The molecule has 0 fully saturated rings.